The van der Waals surface area contributed by atoms with Crippen LogP contribution in [-0.2, 0) is 16.0 Å². The Kier molecular flexibility index (Phi) is 7.85. The van der Waals surface area contributed by atoms with Crippen molar-refractivity contribution in [1.29, 1.82) is 0 Å². The molecule has 10 heteroatoms. The van der Waals surface area contributed by atoms with E-state index in [9.17, 15) is 14.7 Å². The molecule has 0 saturated carbocycles. The average molecular weight is 575 g/mol. The molecule has 1 amide bonds. The highest BCUT2D eigenvalue weighted by molar-refractivity contribution is 7.22. The highest BCUT2D eigenvalue weighted by atomic mass is 32.1. The first-order valence-corrected chi connectivity index (χ1v) is 13.9. The standard InChI is InChI=1S/C31H30N2O7S/c1-6-17-8-13-21-24(14-17)41-31(32-21)33-26(19-15-22(37-3)29(39-5)23(16-19)38-4)25(28(35)30(33)36)27(34)18-9-11-20(12-10-18)40-7-2/h8-16,26,34H,6-7H2,1-5H3/t26-/m0/s1. The lowest BCUT2D eigenvalue weighted by molar-refractivity contribution is -0.132. The minimum absolute atomic E-state index is 0.0815. The van der Waals surface area contributed by atoms with Gasteiger partial charge in [-0.2, -0.15) is 0 Å². The molecule has 9 nitrogen and oxygen atoms in total. The van der Waals surface area contributed by atoms with Crippen molar-refractivity contribution in [1.82, 2.24) is 4.98 Å². The summed E-state index contributed by atoms with van der Waals surface area (Å²) < 4.78 is 23.0. The summed E-state index contributed by atoms with van der Waals surface area (Å²) in [6.45, 7) is 4.42. The van der Waals surface area contributed by atoms with Crippen LogP contribution in [0.2, 0.25) is 0 Å². The van der Waals surface area contributed by atoms with E-state index in [1.165, 1.54) is 37.6 Å². The first-order valence-electron chi connectivity index (χ1n) is 13.1. The number of methoxy groups -OCH3 is 3. The maximum absolute atomic E-state index is 13.7. The van der Waals surface area contributed by atoms with Gasteiger partial charge < -0.3 is 24.1 Å². The molecule has 0 radical (unpaired) electrons. The molecular weight excluding hydrogens is 544 g/mol. The summed E-state index contributed by atoms with van der Waals surface area (Å²) in [5.74, 6) is -0.298. The molecule has 0 unspecified atom stereocenters. The van der Waals surface area contributed by atoms with Crippen molar-refractivity contribution in [2.75, 3.05) is 32.8 Å². The van der Waals surface area contributed by atoms with Gasteiger partial charge in [-0.15, -0.1) is 0 Å². The second kappa shape index (κ2) is 11.5. The molecule has 212 valence electrons. The number of anilines is 1. The van der Waals surface area contributed by atoms with Crippen LogP contribution in [0.1, 0.15) is 36.6 Å². The molecule has 4 aromatic rings. The number of carbonyl (C=O) groups excluding carboxylic acids is 2. The van der Waals surface area contributed by atoms with Crippen LogP contribution < -0.4 is 23.8 Å². The fraction of sp³-hybridized carbons (Fsp3) is 0.258. The summed E-state index contributed by atoms with van der Waals surface area (Å²) in [5, 5.41) is 11.9. The predicted molar refractivity (Wildman–Crippen MR) is 157 cm³/mol. The van der Waals surface area contributed by atoms with Crippen molar-refractivity contribution in [2.24, 2.45) is 0 Å². The van der Waals surface area contributed by atoms with Gasteiger partial charge in [0.05, 0.1) is 49.8 Å². The maximum atomic E-state index is 13.7. The number of aryl methyl sites for hydroxylation is 1. The van der Waals surface area contributed by atoms with E-state index in [1.54, 1.807) is 36.4 Å². The number of aliphatic hydroxyl groups excluding tert-OH is 1. The van der Waals surface area contributed by atoms with Crippen molar-refractivity contribution in [3.8, 4) is 23.0 Å². The highest BCUT2D eigenvalue weighted by Crippen LogP contribution is 2.48. The van der Waals surface area contributed by atoms with Crippen LogP contribution in [-0.4, -0.2) is 49.7 Å². The molecule has 3 aromatic carbocycles. The van der Waals surface area contributed by atoms with Gasteiger partial charge in [-0.25, -0.2) is 4.98 Å². The molecule has 1 aliphatic heterocycles. The molecular formula is C31H30N2O7S. The lowest BCUT2D eigenvalue weighted by Crippen LogP contribution is -2.29. The van der Waals surface area contributed by atoms with Crippen LogP contribution in [0.3, 0.4) is 0 Å². The van der Waals surface area contributed by atoms with Crippen molar-refractivity contribution in [2.45, 2.75) is 26.3 Å². The van der Waals surface area contributed by atoms with Gasteiger partial charge in [0.25, 0.3) is 5.78 Å². The zero-order chi connectivity index (χ0) is 29.3. The van der Waals surface area contributed by atoms with E-state index in [4.69, 9.17) is 23.9 Å². The monoisotopic (exact) mass is 574 g/mol. The Hall–Kier alpha value is -4.57. The van der Waals surface area contributed by atoms with Gasteiger partial charge >= 0.3 is 5.91 Å². The van der Waals surface area contributed by atoms with E-state index < -0.39 is 17.7 Å². The molecule has 1 atom stereocenters. The molecule has 1 N–H and O–H groups in total. The van der Waals surface area contributed by atoms with E-state index in [-0.39, 0.29) is 11.3 Å². The predicted octanol–water partition coefficient (Wildman–Crippen LogP) is 5.91. The number of carbonyl (C=O) groups is 2. The quantitative estimate of drug-likeness (QED) is 0.149. The number of aromatic nitrogens is 1. The molecule has 1 saturated heterocycles. The molecule has 5 rings (SSSR count). The number of benzene rings is 3. The molecule has 1 fully saturated rings. The van der Waals surface area contributed by atoms with Crippen LogP contribution in [0.25, 0.3) is 16.0 Å². The Morgan fingerprint density at radius 2 is 1.63 bits per heavy atom. The largest absolute Gasteiger partial charge is 0.507 e. The van der Waals surface area contributed by atoms with Crippen molar-refractivity contribution < 1.29 is 33.6 Å². The van der Waals surface area contributed by atoms with Gasteiger partial charge in [0.1, 0.15) is 11.5 Å². The lowest BCUT2D eigenvalue weighted by Gasteiger charge is -2.24. The van der Waals surface area contributed by atoms with E-state index in [1.807, 2.05) is 25.1 Å². The van der Waals surface area contributed by atoms with Crippen molar-refractivity contribution >= 4 is 44.1 Å². The third-order valence-electron chi connectivity index (χ3n) is 6.94. The summed E-state index contributed by atoms with van der Waals surface area (Å²) in [6, 6.07) is 14.9. The van der Waals surface area contributed by atoms with Gasteiger partial charge in [0, 0.05) is 5.56 Å². The molecule has 2 heterocycles. The number of hydrogen-bond donors (Lipinski definition) is 1. The zero-order valence-electron chi connectivity index (χ0n) is 23.4. The summed E-state index contributed by atoms with van der Waals surface area (Å²) in [5.41, 5.74) is 2.59. The second-order valence-electron chi connectivity index (χ2n) is 9.24. The molecule has 1 aromatic heterocycles. The molecule has 0 spiro atoms. The van der Waals surface area contributed by atoms with Crippen molar-refractivity contribution in [3.05, 3.63) is 76.9 Å². The fourth-order valence-electron chi connectivity index (χ4n) is 4.92. The van der Waals surface area contributed by atoms with Crippen LogP contribution >= 0.6 is 11.3 Å². The number of ketones is 1. The summed E-state index contributed by atoms with van der Waals surface area (Å²) in [7, 11) is 4.46. The topological polar surface area (TPSA) is 107 Å². The fourth-order valence-corrected chi connectivity index (χ4v) is 5.97. The van der Waals surface area contributed by atoms with E-state index in [0.29, 0.717) is 51.4 Å². The maximum Gasteiger partial charge on any atom is 0.301 e. The van der Waals surface area contributed by atoms with Crippen LogP contribution in [0.4, 0.5) is 5.13 Å². The Morgan fingerprint density at radius 3 is 2.22 bits per heavy atom. The SMILES string of the molecule is CCOc1ccc(C(O)=C2C(=O)C(=O)N(c3nc4ccc(CC)cc4s3)[C@H]2c2cc(OC)c(OC)c(OC)c2)cc1. The number of fused-ring (bicyclic) bond motifs is 1. The summed E-state index contributed by atoms with van der Waals surface area (Å²) in [4.78, 5) is 33.4. The molecule has 1 aliphatic rings. The normalized spacial score (nSPS) is 16.3. The second-order valence-corrected chi connectivity index (χ2v) is 10.2. The Labute approximate surface area is 241 Å². The lowest BCUT2D eigenvalue weighted by atomic mass is 9.94. The van der Waals surface area contributed by atoms with Gasteiger partial charge in [-0.3, -0.25) is 14.5 Å². The number of ether oxygens (including phenoxy) is 4. The van der Waals surface area contributed by atoms with Gasteiger partial charge in [-0.1, -0.05) is 24.3 Å². The average Bonchev–Trinajstić information content (AvgIpc) is 3.53. The van der Waals surface area contributed by atoms with Gasteiger partial charge in [0.15, 0.2) is 16.6 Å². The van der Waals surface area contributed by atoms with Crippen LogP contribution in [0.15, 0.2) is 60.2 Å². The third kappa shape index (κ3) is 4.95. The van der Waals surface area contributed by atoms with Gasteiger partial charge in [-0.05, 0) is 73.0 Å². The Morgan fingerprint density at radius 1 is 0.951 bits per heavy atom. The number of aliphatic hydroxyl groups is 1. The smallest absolute Gasteiger partial charge is 0.301 e. The minimum Gasteiger partial charge on any atom is -0.507 e. The van der Waals surface area contributed by atoms with E-state index in [0.717, 1.165) is 16.7 Å². The molecule has 0 aliphatic carbocycles. The van der Waals surface area contributed by atoms with Crippen LogP contribution in [0.5, 0.6) is 23.0 Å². The number of amides is 1. The van der Waals surface area contributed by atoms with E-state index in [2.05, 4.69) is 6.92 Å². The van der Waals surface area contributed by atoms with Gasteiger partial charge in [0.2, 0.25) is 5.75 Å². The summed E-state index contributed by atoms with van der Waals surface area (Å²) in [6.07, 6.45) is 0.848. The number of hydrogen-bond acceptors (Lipinski definition) is 9. The number of Topliss-reactive ketones (excluding diaryl/α,β-unsaturated/α-hetero) is 1. The van der Waals surface area contributed by atoms with E-state index >= 15 is 0 Å². The Balaban J connectivity index is 1.74. The van der Waals surface area contributed by atoms with Crippen LogP contribution in [0, 0.1) is 0 Å². The zero-order valence-corrected chi connectivity index (χ0v) is 24.2. The first-order chi connectivity index (χ1) is 19.8. The number of nitrogens with zero attached hydrogens (tertiary/aromatic N) is 2. The number of thiazole rings is 1. The highest BCUT2D eigenvalue weighted by Gasteiger charge is 2.48. The number of rotatable bonds is 9. The third-order valence-corrected chi connectivity index (χ3v) is 7.96. The molecule has 41 heavy (non-hydrogen) atoms. The molecule has 0 bridgehead atoms. The van der Waals surface area contributed by atoms with Crippen molar-refractivity contribution in [3.63, 3.8) is 0 Å². The minimum atomic E-state index is -1.03. The first kappa shape index (κ1) is 28.0. The summed E-state index contributed by atoms with van der Waals surface area (Å²) >= 11 is 1.31. The Bertz CT molecular complexity index is 1630.